The Bertz CT molecular complexity index is 1330. The van der Waals surface area contributed by atoms with Crippen molar-refractivity contribution >= 4 is 17.5 Å². The quantitative estimate of drug-likeness (QED) is 0.444. The number of hydrogen-bond acceptors (Lipinski definition) is 6. The third-order valence-corrected chi connectivity index (χ3v) is 8.11. The zero-order chi connectivity index (χ0) is 28.2. The van der Waals surface area contributed by atoms with Crippen LogP contribution >= 0.6 is 0 Å². The minimum atomic E-state index is -0.388. The largest absolute Gasteiger partial charge is 0.493 e. The number of hydrogen-bond donors (Lipinski definition) is 0. The molecular formula is C32H37N3O5. The Kier molecular flexibility index (Phi) is 8.14. The summed E-state index contributed by atoms with van der Waals surface area (Å²) in [5, 5.41) is 0. The zero-order valence-electron chi connectivity index (χ0n) is 23.6. The van der Waals surface area contributed by atoms with Crippen LogP contribution in [0.5, 0.6) is 17.2 Å². The van der Waals surface area contributed by atoms with E-state index >= 15 is 0 Å². The molecule has 3 aromatic rings. The molecule has 40 heavy (non-hydrogen) atoms. The van der Waals surface area contributed by atoms with Gasteiger partial charge in [0.15, 0.2) is 11.5 Å². The van der Waals surface area contributed by atoms with Gasteiger partial charge in [-0.1, -0.05) is 36.4 Å². The van der Waals surface area contributed by atoms with Crippen molar-refractivity contribution < 1.29 is 23.8 Å². The minimum Gasteiger partial charge on any atom is -0.493 e. The Labute approximate surface area is 236 Å². The third-order valence-electron chi connectivity index (χ3n) is 8.11. The standard InChI is InChI=1S/C32H37N3O5/c1-22-10-8-9-13-27(22)33-14-16-34(17-15-33)32(37)26-21-35(31(36)23-11-6-5-7-12-23)20-25(26)24-18-28(38-2)30(40-4)29(19-24)39-3/h5-13,18-19,25-26H,14-17,20-21H2,1-4H3. The topological polar surface area (TPSA) is 71.6 Å². The van der Waals surface area contributed by atoms with Gasteiger partial charge < -0.3 is 28.9 Å². The molecule has 2 atom stereocenters. The molecular weight excluding hydrogens is 506 g/mol. The van der Waals surface area contributed by atoms with Crippen molar-refractivity contribution in [2.24, 2.45) is 5.92 Å². The van der Waals surface area contributed by atoms with Gasteiger partial charge in [0.05, 0.1) is 27.2 Å². The Balaban J connectivity index is 1.42. The van der Waals surface area contributed by atoms with Gasteiger partial charge in [-0.05, 0) is 48.4 Å². The second-order valence-electron chi connectivity index (χ2n) is 10.3. The van der Waals surface area contributed by atoms with E-state index in [1.54, 1.807) is 26.2 Å². The molecule has 0 spiro atoms. The van der Waals surface area contributed by atoms with E-state index in [9.17, 15) is 9.59 Å². The first-order valence-corrected chi connectivity index (χ1v) is 13.7. The number of carbonyl (C=O) groups is 2. The molecule has 210 valence electrons. The molecule has 8 heteroatoms. The third kappa shape index (κ3) is 5.30. The summed E-state index contributed by atoms with van der Waals surface area (Å²) in [5.41, 5.74) is 3.95. The van der Waals surface area contributed by atoms with Gasteiger partial charge in [-0.15, -0.1) is 0 Å². The number of anilines is 1. The second-order valence-corrected chi connectivity index (χ2v) is 10.3. The van der Waals surface area contributed by atoms with Gasteiger partial charge >= 0.3 is 0 Å². The van der Waals surface area contributed by atoms with Crippen molar-refractivity contribution in [2.75, 3.05) is 65.5 Å². The minimum absolute atomic E-state index is 0.0716. The lowest BCUT2D eigenvalue weighted by atomic mass is 9.87. The van der Waals surface area contributed by atoms with E-state index in [2.05, 4.69) is 30.0 Å². The van der Waals surface area contributed by atoms with E-state index in [-0.39, 0.29) is 23.7 Å². The molecule has 2 heterocycles. The van der Waals surface area contributed by atoms with E-state index in [0.29, 0.717) is 49.0 Å². The Hall–Kier alpha value is -4.20. The Morgan fingerprint density at radius 2 is 1.38 bits per heavy atom. The average Bonchev–Trinajstić information content (AvgIpc) is 3.46. The maximum Gasteiger partial charge on any atom is 0.253 e. The molecule has 8 nitrogen and oxygen atoms in total. The lowest BCUT2D eigenvalue weighted by Gasteiger charge is -2.38. The summed E-state index contributed by atoms with van der Waals surface area (Å²) >= 11 is 0. The van der Waals surface area contributed by atoms with Crippen molar-refractivity contribution in [3.63, 3.8) is 0 Å². The van der Waals surface area contributed by atoms with Crippen LogP contribution in [0.25, 0.3) is 0 Å². The van der Waals surface area contributed by atoms with E-state index in [0.717, 1.165) is 18.7 Å². The number of ether oxygens (including phenoxy) is 3. The van der Waals surface area contributed by atoms with Gasteiger partial charge in [-0.2, -0.15) is 0 Å². The summed E-state index contributed by atoms with van der Waals surface area (Å²) in [6.07, 6.45) is 0. The lowest BCUT2D eigenvalue weighted by molar-refractivity contribution is -0.135. The van der Waals surface area contributed by atoms with Crippen LogP contribution in [0.4, 0.5) is 5.69 Å². The van der Waals surface area contributed by atoms with E-state index in [1.807, 2.05) is 53.4 Å². The number of piperazine rings is 1. The molecule has 0 bridgehead atoms. The van der Waals surface area contributed by atoms with Gasteiger partial charge in [0.25, 0.3) is 5.91 Å². The molecule has 0 aromatic heterocycles. The van der Waals surface area contributed by atoms with Crippen LogP contribution < -0.4 is 19.1 Å². The summed E-state index contributed by atoms with van der Waals surface area (Å²) in [6.45, 7) is 5.70. The smallest absolute Gasteiger partial charge is 0.253 e. The highest BCUT2D eigenvalue weighted by atomic mass is 16.5. The summed E-state index contributed by atoms with van der Waals surface area (Å²) in [5.74, 6) is 0.956. The fourth-order valence-corrected chi connectivity index (χ4v) is 5.96. The molecule has 2 aliphatic rings. The van der Waals surface area contributed by atoms with Crippen molar-refractivity contribution in [1.82, 2.24) is 9.80 Å². The first kappa shape index (κ1) is 27.4. The molecule has 2 unspecified atom stereocenters. The highest BCUT2D eigenvalue weighted by Gasteiger charge is 2.43. The maximum absolute atomic E-state index is 14.1. The molecule has 2 saturated heterocycles. The van der Waals surface area contributed by atoms with Crippen molar-refractivity contribution in [3.05, 3.63) is 83.4 Å². The molecule has 0 N–H and O–H groups in total. The lowest BCUT2D eigenvalue weighted by Crippen LogP contribution is -2.51. The molecule has 2 amide bonds. The van der Waals surface area contributed by atoms with E-state index in [4.69, 9.17) is 14.2 Å². The predicted molar refractivity (Wildman–Crippen MR) is 155 cm³/mol. The number of likely N-dealkylation sites (tertiary alicyclic amines) is 1. The molecule has 0 radical (unpaired) electrons. The SMILES string of the molecule is COc1cc(C2CN(C(=O)c3ccccc3)CC2C(=O)N2CCN(c3ccccc3C)CC2)cc(OC)c1OC. The van der Waals surface area contributed by atoms with Crippen LogP contribution in [0.3, 0.4) is 0 Å². The van der Waals surface area contributed by atoms with E-state index < -0.39 is 0 Å². The van der Waals surface area contributed by atoms with Crippen molar-refractivity contribution in [2.45, 2.75) is 12.8 Å². The predicted octanol–water partition coefficient (Wildman–Crippen LogP) is 4.23. The highest BCUT2D eigenvalue weighted by Crippen LogP contribution is 2.44. The summed E-state index contributed by atoms with van der Waals surface area (Å²) in [4.78, 5) is 33.7. The van der Waals surface area contributed by atoms with Crippen LogP contribution in [0.2, 0.25) is 0 Å². The van der Waals surface area contributed by atoms with Gasteiger partial charge in [0.2, 0.25) is 11.7 Å². The van der Waals surface area contributed by atoms with Gasteiger partial charge in [-0.3, -0.25) is 9.59 Å². The first-order valence-electron chi connectivity index (χ1n) is 13.7. The number of benzene rings is 3. The average molecular weight is 544 g/mol. The number of para-hydroxylation sites is 1. The molecule has 0 saturated carbocycles. The Morgan fingerprint density at radius 1 is 0.750 bits per heavy atom. The fourth-order valence-electron chi connectivity index (χ4n) is 5.96. The molecule has 2 aliphatic heterocycles. The monoisotopic (exact) mass is 543 g/mol. The Morgan fingerprint density at radius 3 is 1.98 bits per heavy atom. The summed E-state index contributed by atoms with van der Waals surface area (Å²) < 4.78 is 16.7. The van der Waals surface area contributed by atoms with Gasteiger partial charge in [0.1, 0.15) is 0 Å². The van der Waals surface area contributed by atoms with Crippen LogP contribution in [-0.2, 0) is 4.79 Å². The highest BCUT2D eigenvalue weighted by molar-refractivity contribution is 5.95. The van der Waals surface area contributed by atoms with Gasteiger partial charge in [-0.25, -0.2) is 0 Å². The molecule has 3 aromatic carbocycles. The number of nitrogens with zero attached hydrogens (tertiary/aromatic N) is 3. The van der Waals surface area contributed by atoms with Crippen LogP contribution in [0.1, 0.15) is 27.4 Å². The molecule has 5 rings (SSSR count). The van der Waals surface area contributed by atoms with Crippen LogP contribution in [0.15, 0.2) is 66.7 Å². The van der Waals surface area contributed by atoms with Crippen molar-refractivity contribution in [3.8, 4) is 17.2 Å². The molecule has 2 fully saturated rings. The number of aryl methyl sites for hydroxylation is 1. The normalized spacial score (nSPS) is 18.9. The molecule has 0 aliphatic carbocycles. The first-order chi connectivity index (χ1) is 19.4. The summed E-state index contributed by atoms with van der Waals surface area (Å²) in [7, 11) is 4.73. The zero-order valence-corrected chi connectivity index (χ0v) is 23.6. The second kappa shape index (κ2) is 11.9. The maximum atomic E-state index is 14.1. The number of amides is 2. The van der Waals surface area contributed by atoms with Crippen LogP contribution in [0, 0.1) is 12.8 Å². The fraction of sp³-hybridized carbons (Fsp3) is 0.375. The van der Waals surface area contributed by atoms with Crippen LogP contribution in [-0.4, -0.2) is 82.2 Å². The number of methoxy groups -OCH3 is 3. The van der Waals surface area contributed by atoms with Gasteiger partial charge in [0, 0.05) is 56.4 Å². The van der Waals surface area contributed by atoms with E-state index in [1.165, 1.54) is 11.3 Å². The van der Waals surface area contributed by atoms with Crippen molar-refractivity contribution in [1.29, 1.82) is 0 Å². The number of carbonyl (C=O) groups excluding carboxylic acids is 2. The summed E-state index contributed by atoms with van der Waals surface area (Å²) in [6, 6.07) is 21.4. The number of rotatable bonds is 7.